The predicted molar refractivity (Wildman–Crippen MR) is 174 cm³/mol. The summed E-state index contributed by atoms with van der Waals surface area (Å²) in [4.78, 5) is 18.1. The lowest BCUT2D eigenvalue weighted by Gasteiger charge is -2.59. The summed E-state index contributed by atoms with van der Waals surface area (Å²) < 4.78 is 0. The van der Waals surface area contributed by atoms with Gasteiger partial charge in [0.2, 0.25) is 5.91 Å². The fourth-order valence-electron chi connectivity index (χ4n) is 10.4. The van der Waals surface area contributed by atoms with Crippen LogP contribution in [0.1, 0.15) is 131 Å². The van der Waals surface area contributed by atoms with Gasteiger partial charge in [0, 0.05) is 24.5 Å². The molecule has 0 radical (unpaired) electrons. The Hall–Kier alpha value is -1.46. The highest BCUT2D eigenvalue weighted by Crippen LogP contribution is 2.65. The van der Waals surface area contributed by atoms with Gasteiger partial charge in [0.25, 0.3) is 0 Å². The summed E-state index contributed by atoms with van der Waals surface area (Å²) in [7, 11) is 0. The third kappa shape index (κ3) is 6.34. The minimum atomic E-state index is -0.531. The van der Waals surface area contributed by atoms with Gasteiger partial charge in [-0.05, 0) is 130 Å². The molecule has 0 spiro atoms. The van der Waals surface area contributed by atoms with Gasteiger partial charge >= 0.3 is 0 Å². The molecule has 238 valence electrons. The van der Waals surface area contributed by atoms with Crippen molar-refractivity contribution in [1.82, 2.24) is 10.3 Å². The van der Waals surface area contributed by atoms with E-state index in [1.165, 1.54) is 50.5 Å². The molecule has 4 N–H and O–H groups in total. The molecule has 5 heteroatoms. The number of carbonyl (C=O) groups is 1. The van der Waals surface area contributed by atoms with E-state index in [0.29, 0.717) is 42.0 Å². The van der Waals surface area contributed by atoms with E-state index in [1.54, 1.807) is 6.20 Å². The molecule has 4 fully saturated rings. The maximum absolute atomic E-state index is 13.8. The topological polar surface area (TPSA) is 88.2 Å². The molecule has 0 saturated heterocycles. The van der Waals surface area contributed by atoms with E-state index in [9.17, 15) is 9.90 Å². The highest BCUT2D eigenvalue weighted by Gasteiger charge is 2.60. The number of nitrogens with two attached hydrogens (primary N) is 1. The molecule has 0 aromatic carbocycles. The number of nitrogens with zero attached hydrogens (tertiary/aromatic N) is 1. The Morgan fingerprint density at radius 3 is 2.48 bits per heavy atom. The van der Waals surface area contributed by atoms with Crippen molar-refractivity contribution in [1.29, 1.82) is 0 Å². The number of aliphatic hydroxyl groups is 1. The van der Waals surface area contributed by atoms with Crippen molar-refractivity contribution in [3.63, 3.8) is 0 Å². The SMILES string of the molecule is CC1CCC2C3CCCC3(C(=O)NCCc3cccnc3)CCC2C1(C)CCC1C(C)(C)CCC(O)C1(C)N.CCC. The van der Waals surface area contributed by atoms with Crippen molar-refractivity contribution in [2.24, 2.45) is 51.6 Å². The summed E-state index contributed by atoms with van der Waals surface area (Å²) in [6, 6.07) is 4.06. The minimum absolute atomic E-state index is 0.150. The third-order valence-electron chi connectivity index (χ3n) is 13.0. The second-order valence-electron chi connectivity index (χ2n) is 16.0. The number of pyridine rings is 1. The van der Waals surface area contributed by atoms with Crippen molar-refractivity contribution >= 4 is 5.91 Å². The fourth-order valence-corrected chi connectivity index (χ4v) is 10.4. The summed E-state index contributed by atoms with van der Waals surface area (Å²) in [6.45, 7) is 16.8. The summed E-state index contributed by atoms with van der Waals surface area (Å²) >= 11 is 0. The number of hydrogen-bond donors (Lipinski definition) is 3. The quantitative estimate of drug-likeness (QED) is 0.308. The number of rotatable bonds is 7. The zero-order chi connectivity index (χ0) is 30.8. The molecule has 0 aliphatic heterocycles. The smallest absolute Gasteiger partial charge is 0.226 e. The average Bonchev–Trinajstić information content (AvgIpc) is 3.40. The first-order valence-corrected chi connectivity index (χ1v) is 17.5. The predicted octanol–water partition coefficient (Wildman–Crippen LogP) is 7.70. The summed E-state index contributed by atoms with van der Waals surface area (Å²) in [5, 5.41) is 14.2. The Morgan fingerprint density at radius 1 is 1.05 bits per heavy atom. The summed E-state index contributed by atoms with van der Waals surface area (Å²) in [5.41, 5.74) is 7.77. The summed E-state index contributed by atoms with van der Waals surface area (Å²) in [6.07, 6.45) is 17.7. The lowest BCUT2D eigenvalue weighted by molar-refractivity contribution is -0.147. The van der Waals surface area contributed by atoms with Crippen LogP contribution in [0.2, 0.25) is 0 Å². The van der Waals surface area contributed by atoms with Gasteiger partial charge in [-0.1, -0.05) is 60.5 Å². The fraction of sp³-hybridized carbons (Fsp3) is 0.838. The molecule has 9 atom stereocenters. The molecule has 1 heterocycles. The number of hydrogen-bond acceptors (Lipinski definition) is 4. The molecule has 5 rings (SSSR count). The van der Waals surface area contributed by atoms with Gasteiger partial charge in [0.1, 0.15) is 0 Å². The molecule has 0 bridgehead atoms. The molecule has 4 aliphatic rings. The first-order valence-electron chi connectivity index (χ1n) is 17.5. The van der Waals surface area contributed by atoms with E-state index >= 15 is 0 Å². The molecule has 4 aliphatic carbocycles. The zero-order valence-corrected chi connectivity index (χ0v) is 28.1. The van der Waals surface area contributed by atoms with E-state index in [1.807, 2.05) is 12.3 Å². The van der Waals surface area contributed by atoms with E-state index < -0.39 is 11.6 Å². The number of aromatic nitrogens is 1. The van der Waals surface area contributed by atoms with Crippen LogP contribution in [0.15, 0.2) is 24.5 Å². The molecule has 4 saturated carbocycles. The first kappa shape index (κ1) is 33.4. The second-order valence-corrected chi connectivity index (χ2v) is 16.0. The third-order valence-corrected chi connectivity index (χ3v) is 13.0. The number of carbonyl (C=O) groups excluding carboxylic acids is 1. The Labute approximate surface area is 257 Å². The van der Waals surface area contributed by atoms with Gasteiger partial charge in [-0.3, -0.25) is 9.78 Å². The Kier molecular flexibility index (Phi) is 10.6. The highest BCUT2D eigenvalue weighted by atomic mass is 16.3. The van der Waals surface area contributed by atoms with Crippen LogP contribution in [0.4, 0.5) is 0 Å². The van der Waals surface area contributed by atoms with Gasteiger partial charge < -0.3 is 16.2 Å². The van der Waals surface area contributed by atoms with Crippen molar-refractivity contribution in [2.75, 3.05) is 6.54 Å². The van der Waals surface area contributed by atoms with Crippen LogP contribution in [0.3, 0.4) is 0 Å². The van der Waals surface area contributed by atoms with Crippen molar-refractivity contribution in [3.05, 3.63) is 30.1 Å². The zero-order valence-electron chi connectivity index (χ0n) is 28.1. The first-order chi connectivity index (χ1) is 19.8. The number of amides is 1. The number of nitrogens with one attached hydrogen (secondary N) is 1. The van der Waals surface area contributed by atoms with E-state index in [4.69, 9.17) is 5.73 Å². The maximum atomic E-state index is 13.8. The lowest BCUT2D eigenvalue weighted by Crippen LogP contribution is -2.61. The van der Waals surface area contributed by atoms with Crippen LogP contribution in [0.5, 0.6) is 0 Å². The standard InChI is InChI=1S/C34H55N3O2.C3H8/c1-23-10-11-25-26(32(23,4)18-13-28-31(2,3)17-14-29(38)33(28,5)35)12-19-34(16-6-9-27(25)34)30(39)37-21-15-24-8-7-20-36-22-24;1-3-2/h7-8,20,22-23,25-29,38H,6,9-19,21,35H2,1-5H3,(H,37,39);3H2,1-2H3. The number of fused-ring (bicyclic) bond motifs is 3. The van der Waals surface area contributed by atoms with Gasteiger partial charge in [0.05, 0.1) is 11.5 Å². The van der Waals surface area contributed by atoms with E-state index in [2.05, 4.69) is 64.8 Å². The molecule has 1 aromatic rings. The Morgan fingerprint density at radius 2 is 1.79 bits per heavy atom. The molecule has 9 unspecified atom stereocenters. The lowest BCUT2D eigenvalue weighted by atomic mass is 9.46. The molecule has 1 aromatic heterocycles. The minimum Gasteiger partial charge on any atom is -0.391 e. The summed E-state index contributed by atoms with van der Waals surface area (Å²) in [5.74, 6) is 3.18. The van der Waals surface area contributed by atoms with Crippen LogP contribution < -0.4 is 11.1 Å². The molecular formula is C37H63N3O2. The Balaban J connectivity index is 0.00000129. The van der Waals surface area contributed by atoms with Crippen molar-refractivity contribution < 1.29 is 9.90 Å². The monoisotopic (exact) mass is 581 g/mol. The van der Waals surface area contributed by atoms with E-state index in [0.717, 1.165) is 38.5 Å². The van der Waals surface area contributed by atoms with Crippen LogP contribution >= 0.6 is 0 Å². The molecule has 5 nitrogen and oxygen atoms in total. The van der Waals surface area contributed by atoms with Gasteiger partial charge in [-0.25, -0.2) is 0 Å². The molecule has 1 amide bonds. The van der Waals surface area contributed by atoms with Crippen LogP contribution in [0.25, 0.3) is 0 Å². The maximum Gasteiger partial charge on any atom is 0.226 e. The average molecular weight is 582 g/mol. The van der Waals surface area contributed by atoms with Crippen LogP contribution in [-0.2, 0) is 11.2 Å². The van der Waals surface area contributed by atoms with E-state index in [-0.39, 0.29) is 16.2 Å². The largest absolute Gasteiger partial charge is 0.391 e. The van der Waals surface area contributed by atoms with Gasteiger partial charge in [0.15, 0.2) is 0 Å². The van der Waals surface area contributed by atoms with Gasteiger partial charge in [-0.15, -0.1) is 0 Å². The Bertz CT molecular complexity index is 1030. The van der Waals surface area contributed by atoms with Crippen molar-refractivity contribution in [2.45, 2.75) is 144 Å². The van der Waals surface area contributed by atoms with Crippen LogP contribution in [0, 0.1) is 45.8 Å². The second kappa shape index (κ2) is 13.3. The van der Waals surface area contributed by atoms with Crippen LogP contribution in [-0.4, -0.2) is 34.2 Å². The molecule has 42 heavy (non-hydrogen) atoms. The van der Waals surface area contributed by atoms with Gasteiger partial charge in [-0.2, -0.15) is 0 Å². The molecular weight excluding hydrogens is 518 g/mol. The normalized spacial score (nSPS) is 40.7. The number of aliphatic hydroxyl groups excluding tert-OH is 1. The van der Waals surface area contributed by atoms with Crippen molar-refractivity contribution in [3.8, 4) is 0 Å². The highest BCUT2D eigenvalue weighted by molar-refractivity contribution is 5.83.